The Morgan fingerprint density at radius 3 is 2.72 bits per heavy atom. The van der Waals surface area contributed by atoms with Crippen molar-refractivity contribution in [3.63, 3.8) is 0 Å². The highest BCUT2D eigenvalue weighted by molar-refractivity contribution is 7.18. The summed E-state index contributed by atoms with van der Waals surface area (Å²) in [6.07, 6.45) is 0. The first-order chi connectivity index (χ1) is 12.0. The molecule has 2 aromatic carbocycles. The molecule has 0 radical (unpaired) electrons. The Bertz CT molecular complexity index is 847. The van der Waals surface area contributed by atoms with Crippen LogP contribution in [0.1, 0.15) is 23.5 Å². The van der Waals surface area contributed by atoms with Crippen molar-refractivity contribution < 1.29 is 10.1 Å². The highest BCUT2D eigenvalue weighted by Crippen LogP contribution is 2.22. The SMILES string of the molecule is C[C@@H]([NH2+]CC(=O)N(C)Cc1nc2ccccc2s1)c1ccccc1Cl. The molecular weight excluding hydrogens is 354 g/mol. The third-order valence-corrected chi connectivity index (χ3v) is 5.54. The van der Waals surface area contributed by atoms with Crippen molar-refractivity contribution in [2.75, 3.05) is 13.6 Å². The summed E-state index contributed by atoms with van der Waals surface area (Å²) in [6.45, 7) is 2.97. The van der Waals surface area contributed by atoms with E-state index in [1.54, 1.807) is 16.2 Å². The maximum absolute atomic E-state index is 12.4. The number of hydrogen-bond donors (Lipinski definition) is 1. The van der Waals surface area contributed by atoms with Crippen molar-refractivity contribution in [2.45, 2.75) is 19.5 Å². The summed E-state index contributed by atoms with van der Waals surface area (Å²) in [5, 5.41) is 3.70. The fraction of sp³-hybridized carbons (Fsp3) is 0.263. The average Bonchev–Trinajstić information content (AvgIpc) is 3.01. The second-order valence-corrected chi connectivity index (χ2v) is 7.60. The largest absolute Gasteiger partial charge is 0.334 e. The lowest BCUT2D eigenvalue weighted by atomic mass is 10.1. The van der Waals surface area contributed by atoms with Gasteiger partial charge in [-0.1, -0.05) is 41.9 Å². The van der Waals surface area contributed by atoms with Crippen molar-refractivity contribution in [2.24, 2.45) is 0 Å². The molecule has 0 saturated carbocycles. The number of carbonyl (C=O) groups excluding carboxylic acids is 1. The van der Waals surface area contributed by atoms with Gasteiger partial charge >= 0.3 is 0 Å². The van der Waals surface area contributed by atoms with Gasteiger partial charge in [0.1, 0.15) is 11.0 Å². The van der Waals surface area contributed by atoms with E-state index in [2.05, 4.69) is 18.0 Å². The summed E-state index contributed by atoms with van der Waals surface area (Å²) in [6, 6.07) is 15.9. The minimum atomic E-state index is 0.0816. The van der Waals surface area contributed by atoms with Crippen LogP contribution in [0.25, 0.3) is 10.2 Å². The minimum absolute atomic E-state index is 0.0816. The van der Waals surface area contributed by atoms with Gasteiger partial charge in [-0.3, -0.25) is 4.79 Å². The minimum Gasteiger partial charge on any atom is -0.334 e. The van der Waals surface area contributed by atoms with Gasteiger partial charge in [0.15, 0.2) is 6.54 Å². The first kappa shape index (κ1) is 17.9. The molecule has 0 bridgehead atoms. The van der Waals surface area contributed by atoms with Crippen LogP contribution in [-0.4, -0.2) is 29.4 Å². The molecule has 0 spiro atoms. The van der Waals surface area contributed by atoms with E-state index in [0.29, 0.717) is 13.1 Å². The normalized spacial score (nSPS) is 12.3. The molecule has 1 heterocycles. The Kier molecular flexibility index (Phi) is 5.68. The Balaban J connectivity index is 1.56. The summed E-state index contributed by atoms with van der Waals surface area (Å²) >= 11 is 7.85. The van der Waals surface area contributed by atoms with E-state index in [4.69, 9.17) is 11.6 Å². The van der Waals surface area contributed by atoms with Gasteiger partial charge in [-0.2, -0.15) is 0 Å². The highest BCUT2D eigenvalue weighted by atomic mass is 35.5. The van der Waals surface area contributed by atoms with E-state index < -0.39 is 0 Å². The van der Waals surface area contributed by atoms with Crippen molar-refractivity contribution >= 4 is 39.1 Å². The number of amides is 1. The standard InChI is InChI=1S/C19H20ClN3OS/c1-13(14-7-3-4-8-15(14)20)21-11-19(24)23(2)12-18-22-16-9-5-6-10-17(16)25-18/h3-10,13,21H,11-12H2,1-2H3/p+1/t13-/m1/s1. The molecule has 1 aromatic heterocycles. The number of para-hydroxylation sites is 1. The molecule has 2 N–H and O–H groups in total. The molecule has 25 heavy (non-hydrogen) atoms. The predicted molar refractivity (Wildman–Crippen MR) is 103 cm³/mol. The number of hydrogen-bond acceptors (Lipinski definition) is 3. The number of aromatic nitrogens is 1. The van der Waals surface area contributed by atoms with Crippen LogP contribution in [0.4, 0.5) is 0 Å². The number of thiazole rings is 1. The molecule has 6 heteroatoms. The number of fused-ring (bicyclic) bond motifs is 1. The van der Waals surface area contributed by atoms with Gasteiger partial charge < -0.3 is 10.2 Å². The van der Waals surface area contributed by atoms with E-state index in [1.807, 2.05) is 54.8 Å². The quantitative estimate of drug-likeness (QED) is 0.720. The molecule has 0 aliphatic heterocycles. The fourth-order valence-corrected chi connectivity index (χ4v) is 4.01. The number of rotatable bonds is 6. The van der Waals surface area contributed by atoms with Gasteiger partial charge in [0, 0.05) is 17.6 Å². The van der Waals surface area contributed by atoms with Crippen LogP contribution in [0.15, 0.2) is 48.5 Å². The maximum Gasteiger partial charge on any atom is 0.277 e. The van der Waals surface area contributed by atoms with Gasteiger partial charge in [0.05, 0.1) is 16.8 Å². The molecule has 0 unspecified atom stereocenters. The van der Waals surface area contributed by atoms with Crippen LogP contribution in [-0.2, 0) is 11.3 Å². The lowest BCUT2D eigenvalue weighted by Gasteiger charge is -2.17. The summed E-state index contributed by atoms with van der Waals surface area (Å²) in [5.41, 5.74) is 2.04. The molecule has 0 aliphatic carbocycles. The molecule has 3 aromatic rings. The van der Waals surface area contributed by atoms with Crippen LogP contribution < -0.4 is 5.32 Å². The van der Waals surface area contributed by atoms with E-state index in [1.165, 1.54) is 0 Å². The average molecular weight is 375 g/mol. The smallest absolute Gasteiger partial charge is 0.277 e. The fourth-order valence-electron chi connectivity index (χ4n) is 2.68. The molecule has 0 aliphatic rings. The number of quaternary nitrogens is 1. The van der Waals surface area contributed by atoms with Crippen molar-refractivity contribution in [3.05, 3.63) is 64.1 Å². The molecular formula is C19H21ClN3OS+. The van der Waals surface area contributed by atoms with Gasteiger partial charge in [0.25, 0.3) is 5.91 Å². The molecule has 1 amide bonds. The lowest BCUT2D eigenvalue weighted by Crippen LogP contribution is -2.87. The topological polar surface area (TPSA) is 49.8 Å². The van der Waals surface area contributed by atoms with E-state index in [-0.39, 0.29) is 11.9 Å². The molecule has 4 nitrogen and oxygen atoms in total. The van der Waals surface area contributed by atoms with Crippen LogP contribution >= 0.6 is 22.9 Å². The molecule has 130 valence electrons. The monoisotopic (exact) mass is 374 g/mol. The number of nitrogens with two attached hydrogens (primary N) is 1. The first-order valence-corrected chi connectivity index (χ1v) is 9.40. The number of carbonyl (C=O) groups is 1. The van der Waals surface area contributed by atoms with Crippen LogP contribution in [0, 0.1) is 0 Å². The Labute approximate surface area is 156 Å². The first-order valence-electron chi connectivity index (χ1n) is 8.21. The van der Waals surface area contributed by atoms with Crippen molar-refractivity contribution in [1.82, 2.24) is 9.88 Å². The van der Waals surface area contributed by atoms with E-state index >= 15 is 0 Å². The van der Waals surface area contributed by atoms with E-state index in [0.717, 1.165) is 25.8 Å². The Hall–Kier alpha value is -1.95. The van der Waals surface area contributed by atoms with Crippen LogP contribution in [0.2, 0.25) is 5.02 Å². The second-order valence-electron chi connectivity index (χ2n) is 6.08. The Morgan fingerprint density at radius 2 is 1.96 bits per heavy atom. The summed E-state index contributed by atoms with van der Waals surface area (Å²) in [5.74, 6) is 0.0816. The zero-order valence-electron chi connectivity index (χ0n) is 14.3. The molecule has 0 fully saturated rings. The second kappa shape index (κ2) is 7.95. The van der Waals surface area contributed by atoms with Crippen molar-refractivity contribution in [1.29, 1.82) is 0 Å². The maximum atomic E-state index is 12.4. The highest BCUT2D eigenvalue weighted by Gasteiger charge is 2.17. The summed E-state index contributed by atoms with van der Waals surface area (Å²) in [7, 11) is 1.82. The van der Waals surface area contributed by atoms with Gasteiger partial charge in [-0.15, -0.1) is 11.3 Å². The zero-order chi connectivity index (χ0) is 17.8. The third-order valence-electron chi connectivity index (χ3n) is 4.18. The van der Waals surface area contributed by atoms with Gasteiger partial charge in [-0.25, -0.2) is 4.98 Å². The zero-order valence-corrected chi connectivity index (χ0v) is 15.8. The number of likely N-dealkylation sites (N-methyl/N-ethyl adjacent to an activating group) is 1. The van der Waals surface area contributed by atoms with Gasteiger partial charge in [-0.05, 0) is 25.1 Å². The summed E-state index contributed by atoms with van der Waals surface area (Å²) < 4.78 is 1.15. The van der Waals surface area contributed by atoms with Crippen LogP contribution in [0.5, 0.6) is 0 Å². The molecule has 0 saturated heterocycles. The third kappa shape index (κ3) is 4.37. The van der Waals surface area contributed by atoms with Crippen molar-refractivity contribution in [3.8, 4) is 0 Å². The molecule has 3 rings (SSSR count). The van der Waals surface area contributed by atoms with E-state index in [9.17, 15) is 4.79 Å². The summed E-state index contributed by atoms with van der Waals surface area (Å²) in [4.78, 5) is 18.7. The lowest BCUT2D eigenvalue weighted by molar-refractivity contribution is -0.683. The number of nitrogens with zero attached hydrogens (tertiary/aromatic N) is 2. The number of benzene rings is 2. The molecule has 1 atom stereocenters. The van der Waals surface area contributed by atoms with Gasteiger partial charge in [0.2, 0.25) is 0 Å². The number of halogens is 1. The van der Waals surface area contributed by atoms with Crippen LogP contribution in [0.3, 0.4) is 0 Å². The predicted octanol–water partition coefficient (Wildman–Crippen LogP) is 3.23. The Morgan fingerprint density at radius 1 is 1.24 bits per heavy atom.